The molecule has 0 aliphatic carbocycles. The van der Waals surface area contributed by atoms with Crippen molar-refractivity contribution in [3.05, 3.63) is 35.6 Å². The number of piperazine rings is 1. The second-order valence-corrected chi connectivity index (χ2v) is 6.08. The molecule has 1 aromatic carbocycles. The van der Waals surface area contributed by atoms with Gasteiger partial charge >= 0.3 is 0 Å². The predicted molar refractivity (Wildman–Crippen MR) is 98.0 cm³/mol. The van der Waals surface area contributed by atoms with Crippen LogP contribution in [0.25, 0.3) is 0 Å². The lowest BCUT2D eigenvalue weighted by atomic mass is 10.1. The Balaban J connectivity index is 1.59. The number of hydrogen-bond acceptors (Lipinski definition) is 3. The number of likely N-dealkylation sites (N-methyl/N-ethyl adjacent to an activating group) is 1. The van der Waals surface area contributed by atoms with Crippen molar-refractivity contribution in [3.63, 3.8) is 0 Å². The average molecular weight is 335 g/mol. The van der Waals surface area contributed by atoms with Crippen LogP contribution in [0.1, 0.15) is 12.5 Å². The van der Waals surface area contributed by atoms with Gasteiger partial charge in [0.25, 0.3) is 0 Å². The van der Waals surface area contributed by atoms with E-state index in [9.17, 15) is 4.39 Å². The molecule has 0 radical (unpaired) electrons. The first-order valence-corrected chi connectivity index (χ1v) is 8.85. The first kappa shape index (κ1) is 18.7. The number of benzene rings is 1. The van der Waals surface area contributed by atoms with Crippen molar-refractivity contribution in [1.29, 1.82) is 0 Å². The SMILES string of the molecule is CCN1CCN(CCNC(=NC)NCCc2ccc(F)cc2)CC1. The summed E-state index contributed by atoms with van der Waals surface area (Å²) in [5, 5.41) is 6.67. The molecule has 6 heteroatoms. The maximum atomic E-state index is 12.9. The van der Waals surface area contributed by atoms with Crippen molar-refractivity contribution in [2.75, 3.05) is 59.4 Å². The third-order valence-electron chi connectivity index (χ3n) is 4.48. The lowest BCUT2D eigenvalue weighted by Gasteiger charge is -2.34. The fraction of sp³-hybridized carbons (Fsp3) is 0.611. The maximum Gasteiger partial charge on any atom is 0.191 e. The maximum absolute atomic E-state index is 12.9. The van der Waals surface area contributed by atoms with E-state index < -0.39 is 0 Å². The molecule has 0 spiro atoms. The number of guanidine groups is 1. The van der Waals surface area contributed by atoms with Crippen molar-refractivity contribution in [2.24, 2.45) is 4.99 Å². The van der Waals surface area contributed by atoms with Gasteiger partial charge in [0.05, 0.1) is 0 Å². The second-order valence-electron chi connectivity index (χ2n) is 6.08. The van der Waals surface area contributed by atoms with Gasteiger partial charge in [-0.25, -0.2) is 4.39 Å². The molecule has 134 valence electrons. The first-order chi connectivity index (χ1) is 11.7. The van der Waals surface area contributed by atoms with Gasteiger partial charge in [0.2, 0.25) is 0 Å². The topological polar surface area (TPSA) is 42.9 Å². The highest BCUT2D eigenvalue weighted by molar-refractivity contribution is 5.79. The average Bonchev–Trinajstić information content (AvgIpc) is 2.62. The minimum Gasteiger partial charge on any atom is -0.356 e. The monoisotopic (exact) mass is 335 g/mol. The molecular weight excluding hydrogens is 305 g/mol. The fourth-order valence-corrected chi connectivity index (χ4v) is 2.86. The zero-order chi connectivity index (χ0) is 17.2. The van der Waals surface area contributed by atoms with Crippen LogP contribution in [0.4, 0.5) is 4.39 Å². The van der Waals surface area contributed by atoms with Crippen LogP contribution in [0.2, 0.25) is 0 Å². The highest BCUT2D eigenvalue weighted by Gasteiger charge is 2.14. The molecule has 0 amide bonds. The molecule has 1 aliphatic rings. The smallest absolute Gasteiger partial charge is 0.191 e. The summed E-state index contributed by atoms with van der Waals surface area (Å²) in [5.74, 6) is 0.633. The highest BCUT2D eigenvalue weighted by atomic mass is 19.1. The largest absolute Gasteiger partial charge is 0.356 e. The molecule has 1 heterocycles. The molecule has 1 aliphatic heterocycles. The van der Waals surface area contributed by atoms with Crippen molar-refractivity contribution in [3.8, 4) is 0 Å². The van der Waals surface area contributed by atoms with Gasteiger partial charge in [0.1, 0.15) is 5.82 Å². The first-order valence-electron chi connectivity index (χ1n) is 8.85. The van der Waals surface area contributed by atoms with Crippen LogP contribution in [-0.2, 0) is 6.42 Å². The summed E-state index contributed by atoms with van der Waals surface area (Å²) in [5.41, 5.74) is 1.12. The molecule has 24 heavy (non-hydrogen) atoms. The number of rotatable bonds is 7. The predicted octanol–water partition coefficient (Wildman–Crippen LogP) is 1.17. The van der Waals surface area contributed by atoms with Gasteiger partial charge < -0.3 is 15.5 Å². The van der Waals surface area contributed by atoms with E-state index in [1.807, 2.05) is 12.1 Å². The molecule has 1 fully saturated rings. The van der Waals surface area contributed by atoms with Crippen LogP contribution >= 0.6 is 0 Å². The third kappa shape index (κ3) is 6.45. The Hall–Kier alpha value is -1.66. The Kier molecular flexibility index (Phi) is 7.98. The van der Waals surface area contributed by atoms with E-state index in [4.69, 9.17) is 0 Å². The van der Waals surface area contributed by atoms with Crippen LogP contribution < -0.4 is 10.6 Å². The zero-order valence-corrected chi connectivity index (χ0v) is 14.9. The Morgan fingerprint density at radius 3 is 2.29 bits per heavy atom. The summed E-state index contributed by atoms with van der Waals surface area (Å²) in [6, 6.07) is 6.65. The van der Waals surface area contributed by atoms with E-state index in [2.05, 4.69) is 32.3 Å². The van der Waals surface area contributed by atoms with Crippen molar-refractivity contribution >= 4 is 5.96 Å². The molecule has 1 saturated heterocycles. The number of hydrogen-bond donors (Lipinski definition) is 2. The zero-order valence-electron chi connectivity index (χ0n) is 14.9. The molecule has 0 unspecified atom stereocenters. The van der Waals surface area contributed by atoms with E-state index in [1.54, 1.807) is 7.05 Å². The van der Waals surface area contributed by atoms with Gasteiger partial charge in [0, 0.05) is 52.9 Å². The summed E-state index contributed by atoms with van der Waals surface area (Å²) in [6.45, 7) is 10.7. The minimum absolute atomic E-state index is 0.191. The molecular formula is C18H30FN5. The van der Waals surface area contributed by atoms with E-state index in [1.165, 1.54) is 25.2 Å². The normalized spacial score (nSPS) is 17.0. The van der Waals surface area contributed by atoms with Crippen molar-refractivity contribution in [1.82, 2.24) is 20.4 Å². The molecule has 1 aromatic rings. The molecule has 0 atom stereocenters. The highest BCUT2D eigenvalue weighted by Crippen LogP contribution is 2.02. The Morgan fingerprint density at radius 1 is 1.04 bits per heavy atom. The minimum atomic E-state index is -0.191. The summed E-state index contributed by atoms with van der Waals surface area (Å²) < 4.78 is 12.9. The van der Waals surface area contributed by atoms with Gasteiger partial charge in [-0.05, 0) is 30.7 Å². The standard InChI is InChI=1S/C18H30FN5/c1-3-23-12-14-24(15-13-23)11-10-22-18(20-2)21-9-8-16-4-6-17(19)7-5-16/h4-7H,3,8-15H2,1-2H3,(H2,20,21,22). The number of halogens is 1. The van der Waals surface area contributed by atoms with Gasteiger partial charge in [-0.3, -0.25) is 9.89 Å². The van der Waals surface area contributed by atoms with E-state index in [-0.39, 0.29) is 5.82 Å². The lowest BCUT2D eigenvalue weighted by molar-refractivity contribution is 0.139. The van der Waals surface area contributed by atoms with Gasteiger partial charge in [-0.1, -0.05) is 19.1 Å². The van der Waals surface area contributed by atoms with Crippen LogP contribution in [0.5, 0.6) is 0 Å². The van der Waals surface area contributed by atoms with Crippen LogP contribution in [-0.4, -0.2) is 75.2 Å². The summed E-state index contributed by atoms with van der Waals surface area (Å²) in [7, 11) is 1.78. The van der Waals surface area contributed by atoms with Crippen LogP contribution in [0, 0.1) is 5.82 Å². The Morgan fingerprint density at radius 2 is 1.67 bits per heavy atom. The van der Waals surface area contributed by atoms with E-state index in [0.717, 1.165) is 57.2 Å². The number of nitrogens with one attached hydrogen (secondary N) is 2. The van der Waals surface area contributed by atoms with E-state index in [0.29, 0.717) is 0 Å². The van der Waals surface area contributed by atoms with Gasteiger partial charge in [-0.2, -0.15) is 0 Å². The van der Waals surface area contributed by atoms with Crippen molar-refractivity contribution < 1.29 is 4.39 Å². The molecule has 5 nitrogen and oxygen atoms in total. The summed E-state index contributed by atoms with van der Waals surface area (Å²) in [6.07, 6.45) is 0.847. The quantitative estimate of drug-likeness (QED) is 0.580. The molecule has 0 saturated carbocycles. The van der Waals surface area contributed by atoms with Crippen LogP contribution in [0.15, 0.2) is 29.3 Å². The second kappa shape index (κ2) is 10.3. The molecule has 2 rings (SSSR count). The lowest BCUT2D eigenvalue weighted by Crippen LogP contribution is -2.49. The van der Waals surface area contributed by atoms with Gasteiger partial charge in [-0.15, -0.1) is 0 Å². The molecule has 2 N–H and O–H groups in total. The van der Waals surface area contributed by atoms with Crippen LogP contribution in [0.3, 0.4) is 0 Å². The Bertz CT molecular complexity index is 495. The van der Waals surface area contributed by atoms with Crippen molar-refractivity contribution in [2.45, 2.75) is 13.3 Å². The Labute approximate surface area is 144 Å². The molecule has 0 aromatic heterocycles. The molecule has 0 bridgehead atoms. The summed E-state index contributed by atoms with van der Waals surface area (Å²) in [4.78, 5) is 9.23. The number of aliphatic imine (C=N–C) groups is 1. The number of nitrogens with zero attached hydrogens (tertiary/aromatic N) is 3. The third-order valence-corrected chi connectivity index (χ3v) is 4.48. The fourth-order valence-electron chi connectivity index (χ4n) is 2.86. The van der Waals surface area contributed by atoms with E-state index >= 15 is 0 Å². The summed E-state index contributed by atoms with van der Waals surface area (Å²) >= 11 is 0. The van der Waals surface area contributed by atoms with Gasteiger partial charge in [0.15, 0.2) is 5.96 Å².